The monoisotopic (exact) mass is 142 g/mol. The molecule has 58 valence electrons. The van der Waals surface area contributed by atoms with Gasteiger partial charge in [0.2, 0.25) is 5.91 Å². The number of piperazine rings is 1. The van der Waals surface area contributed by atoms with Crippen molar-refractivity contribution < 1.29 is 4.79 Å². The second kappa shape index (κ2) is 2.58. The minimum atomic E-state index is 0.223. The van der Waals surface area contributed by atoms with Gasteiger partial charge in [0.25, 0.3) is 0 Å². The van der Waals surface area contributed by atoms with Crippen molar-refractivity contribution in [2.75, 3.05) is 27.2 Å². The normalized spacial score (nSPS) is 29.3. The van der Waals surface area contributed by atoms with Crippen LogP contribution in [0.15, 0.2) is 0 Å². The van der Waals surface area contributed by atoms with Crippen LogP contribution in [0.2, 0.25) is 0 Å². The fourth-order valence-electron chi connectivity index (χ4n) is 1.13. The third-order valence-electron chi connectivity index (χ3n) is 2.10. The molecule has 1 fully saturated rings. The highest BCUT2D eigenvalue weighted by atomic mass is 16.2. The molecule has 0 aliphatic carbocycles. The van der Waals surface area contributed by atoms with Crippen LogP contribution in [-0.2, 0) is 4.79 Å². The van der Waals surface area contributed by atoms with Crippen molar-refractivity contribution in [1.29, 1.82) is 0 Å². The highest BCUT2D eigenvalue weighted by Crippen LogP contribution is 2.04. The maximum Gasteiger partial charge on any atom is 0.236 e. The first-order chi connectivity index (χ1) is 4.61. The molecule has 0 N–H and O–H groups in total. The van der Waals surface area contributed by atoms with Gasteiger partial charge in [-0.3, -0.25) is 9.69 Å². The second-order valence-electron chi connectivity index (χ2n) is 3.04. The van der Waals surface area contributed by atoms with Gasteiger partial charge in [-0.25, -0.2) is 0 Å². The lowest BCUT2D eigenvalue weighted by molar-refractivity contribution is -0.135. The second-order valence-corrected chi connectivity index (χ2v) is 3.04. The quantitative estimate of drug-likeness (QED) is 0.467. The summed E-state index contributed by atoms with van der Waals surface area (Å²) >= 11 is 0. The molecule has 1 aliphatic heterocycles. The van der Waals surface area contributed by atoms with Crippen LogP contribution >= 0.6 is 0 Å². The third kappa shape index (κ3) is 1.29. The maximum atomic E-state index is 11.0. The number of hydrogen-bond donors (Lipinski definition) is 0. The Bertz CT molecular complexity index is 147. The summed E-state index contributed by atoms with van der Waals surface area (Å²) < 4.78 is 0. The van der Waals surface area contributed by atoms with Crippen LogP contribution < -0.4 is 0 Å². The number of rotatable bonds is 0. The molecule has 0 aromatic carbocycles. The Labute approximate surface area is 61.6 Å². The topological polar surface area (TPSA) is 23.6 Å². The van der Waals surface area contributed by atoms with Gasteiger partial charge in [-0.1, -0.05) is 0 Å². The number of hydrogen-bond acceptors (Lipinski definition) is 2. The molecule has 10 heavy (non-hydrogen) atoms. The van der Waals surface area contributed by atoms with Gasteiger partial charge in [0.1, 0.15) is 0 Å². The molecule has 0 aromatic heterocycles. The summed E-state index contributed by atoms with van der Waals surface area (Å²) in [7, 11) is 3.83. The first-order valence-electron chi connectivity index (χ1n) is 3.55. The highest BCUT2D eigenvalue weighted by Gasteiger charge is 2.23. The SMILES string of the molecule is CC1CN(C)C(=O)CN1C. The lowest BCUT2D eigenvalue weighted by atomic mass is 10.2. The van der Waals surface area contributed by atoms with Gasteiger partial charge in [0, 0.05) is 19.6 Å². The molecule has 3 heteroatoms. The summed E-state index contributed by atoms with van der Waals surface area (Å²) in [6, 6.07) is 0.502. The van der Waals surface area contributed by atoms with Crippen molar-refractivity contribution in [2.45, 2.75) is 13.0 Å². The first-order valence-corrected chi connectivity index (χ1v) is 3.55. The van der Waals surface area contributed by atoms with Gasteiger partial charge >= 0.3 is 0 Å². The smallest absolute Gasteiger partial charge is 0.236 e. The number of carbonyl (C=O) groups is 1. The zero-order chi connectivity index (χ0) is 7.72. The van der Waals surface area contributed by atoms with Gasteiger partial charge in [0.15, 0.2) is 0 Å². The van der Waals surface area contributed by atoms with Gasteiger partial charge in [-0.15, -0.1) is 0 Å². The Morgan fingerprint density at radius 1 is 1.50 bits per heavy atom. The minimum absolute atomic E-state index is 0.223. The fourth-order valence-corrected chi connectivity index (χ4v) is 1.13. The van der Waals surface area contributed by atoms with E-state index in [0.29, 0.717) is 12.6 Å². The molecule has 0 radical (unpaired) electrons. The molecule has 0 saturated carbocycles. The van der Waals surface area contributed by atoms with Gasteiger partial charge in [-0.2, -0.15) is 0 Å². The van der Waals surface area contributed by atoms with Gasteiger partial charge in [0.05, 0.1) is 6.54 Å². The van der Waals surface area contributed by atoms with E-state index in [-0.39, 0.29) is 5.91 Å². The van der Waals surface area contributed by atoms with E-state index in [1.807, 2.05) is 14.1 Å². The number of carbonyl (C=O) groups excluding carboxylic acids is 1. The maximum absolute atomic E-state index is 11.0. The fraction of sp³-hybridized carbons (Fsp3) is 0.857. The van der Waals surface area contributed by atoms with Crippen molar-refractivity contribution >= 4 is 5.91 Å². The Balaban J connectivity index is 2.54. The predicted molar refractivity (Wildman–Crippen MR) is 39.7 cm³/mol. The van der Waals surface area contributed by atoms with Crippen molar-refractivity contribution in [1.82, 2.24) is 9.80 Å². The zero-order valence-electron chi connectivity index (χ0n) is 6.79. The van der Waals surface area contributed by atoms with Crippen molar-refractivity contribution in [3.8, 4) is 0 Å². The summed E-state index contributed by atoms with van der Waals surface area (Å²) in [5.74, 6) is 0.223. The van der Waals surface area contributed by atoms with Crippen LogP contribution in [-0.4, -0.2) is 48.9 Å². The summed E-state index contributed by atoms with van der Waals surface area (Å²) in [5, 5.41) is 0. The number of nitrogens with zero attached hydrogens (tertiary/aromatic N) is 2. The van der Waals surface area contributed by atoms with E-state index in [1.54, 1.807) is 4.90 Å². The Kier molecular flexibility index (Phi) is 1.94. The lowest BCUT2D eigenvalue weighted by Gasteiger charge is -2.34. The molecule has 1 aliphatic rings. The summed E-state index contributed by atoms with van der Waals surface area (Å²) in [6.45, 7) is 3.55. The van der Waals surface area contributed by atoms with E-state index in [1.165, 1.54) is 0 Å². The molecule has 1 heterocycles. The minimum Gasteiger partial charge on any atom is -0.343 e. The number of amides is 1. The molecule has 1 atom stereocenters. The van der Waals surface area contributed by atoms with E-state index < -0.39 is 0 Å². The molecular formula is C7H14N2O. The van der Waals surface area contributed by atoms with E-state index in [0.717, 1.165) is 6.54 Å². The average molecular weight is 142 g/mol. The summed E-state index contributed by atoms with van der Waals surface area (Å²) in [4.78, 5) is 14.9. The number of likely N-dealkylation sites (N-methyl/N-ethyl adjacent to an activating group) is 2. The largest absolute Gasteiger partial charge is 0.343 e. The van der Waals surface area contributed by atoms with E-state index in [4.69, 9.17) is 0 Å². The van der Waals surface area contributed by atoms with Gasteiger partial charge in [-0.05, 0) is 14.0 Å². The molecule has 1 saturated heterocycles. The van der Waals surface area contributed by atoms with Gasteiger partial charge < -0.3 is 4.90 Å². The molecule has 3 nitrogen and oxygen atoms in total. The molecule has 0 aromatic rings. The molecule has 1 amide bonds. The van der Waals surface area contributed by atoms with Crippen molar-refractivity contribution in [2.24, 2.45) is 0 Å². The van der Waals surface area contributed by atoms with E-state index >= 15 is 0 Å². The standard InChI is InChI=1S/C7H14N2O/c1-6-4-9(3)7(10)5-8(6)2/h6H,4-5H2,1-3H3. The Morgan fingerprint density at radius 2 is 2.10 bits per heavy atom. The van der Waals surface area contributed by atoms with Crippen LogP contribution in [0, 0.1) is 0 Å². The lowest BCUT2D eigenvalue weighted by Crippen LogP contribution is -2.51. The predicted octanol–water partition coefficient (Wildman–Crippen LogP) is -0.221. The molecule has 1 unspecified atom stereocenters. The van der Waals surface area contributed by atoms with Crippen LogP contribution in [0.4, 0.5) is 0 Å². The Morgan fingerprint density at radius 3 is 2.60 bits per heavy atom. The van der Waals surface area contributed by atoms with Crippen LogP contribution in [0.1, 0.15) is 6.92 Å². The third-order valence-corrected chi connectivity index (χ3v) is 2.10. The van der Waals surface area contributed by atoms with E-state index in [9.17, 15) is 4.79 Å². The van der Waals surface area contributed by atoms with Crippen LogP contribution in [0.25, 0.3) is 0 Å². The average Bonchev–Trinajstić information content (AvgIpc) is 1.84. The molecule has 0 bridgehead atoms. The molecular weight excluding hydrogens is 128 g/mol. The summed E-state index contributed by atoms with van der Waals surface area (Å²) in [5.41, 5.74) is 0. The molecule has 0 spiro atoms. The highest BCUT2D eigenvalue weighted by molar-refractivity contribution is 5.78. The van der Waals surface area contributed by atoms with Crippen molar-refractivity contribution in [3.05, 3.63) is 0 Å². The van der Waals surface area contributed by atoms with E-state index in [2.05, 4.69) is 11.8 Å². The summed E-state index contributed by atoms with van der Waals surface area (Å²) in [6.07, 6.45) is 0. The Hall–Kier alpha value is -0.570. The van der Waals surface area contributed by atoms with Crippen LogP contribution in [0.5, 0.6) is 0 Å². The van der Waals surface area contributed by atoms with Crippen LogP contribution in [0.3, 0.4) is 0 Å². The molecule has 1 rings (SSSR count). The zero-order valence-corrected chi connectivity index (χ0v) is 6.79. The van der Waals surface area contributed by atoms with Crippen molar-refractivity contribution in [3.63, 3.8) is 0 Å². The first kappa shape index (κ1) is 7.54.